The average Bonchev–Trinajstić information content (AvgIpc) is 3.32. The normalized spacial score (nSPS) is 20.4. The number of benzene rings is 2. The standard InChI is InChI=1S/C31H30F5N5O5/c1-17-10-20(46-29-23(33)13-37-27(39-29)16-45-26-5-3-19(12-22(26)32)31(34,35)36)6-8-40(17)15-28-38-24-4-2-18(30(42)43)11-25(24)41(28)14-21-7-9-44-21/h2-5,11-13,17,20-21H,6-10,14-16H2,1H3,(H,42,43)/t17-,20-,21-/m0/s1. The van der Waals surface area contributed by atoms with E-state index >= 15 is 0 Å². The van der Waals surface area contributed by atoms with Crippen LogP contribution in [0.5, 0.6) is 11.6 Å². The third-order valence-corrected chi connectivity index (χ3v) is 8.22. The van der Waals surface area contributed by atoms with Crippen LogP contribution < -0.4 is 9.47 Å². The topological polar surface area (TPSA) is 112 Å². The highest BCUT2D eigenvalue weighted by Crippen LogP contribution is 2.32. The molecule has 46 heavy (non-hydrogen) atoms. The van der Waals surface area contributed by atoms with Gasteiger partial charge in [0.15, 0.2) is 17.4 Å². The van der Waals surface area contributed by atoms with Crippen molar-refractivity contribution < 1.29 is 46.1 Å². The Morgan fingerprint density at radius 3 is 2.59 bits per heavy atom. The van der Waals surface area contributed by atoms with Crippen molar-refractivity contribution in [3.8, 4) is 11.6 Å². The number of alkyl halides is 3. The molecule has 4 heterocycles. The molecule has 2 aliphatic heterocycles. The Balaban J connectivity index is 1.10. The van der Waals surface area contributed by atoms with Crippen LogP contribution >= 0.6 is 0 Å². The second kappa shape index (κ2) is 12.8. The van der Waals surface area contributed by atoms with Crippen molar-refractivity contribution in [3.05, 3.63) is 77.0 Å². The predicted octanol–water partition coefficient (Wildman–Crippen LogP) is 5.62. The Hall–Kier alpha value is -4.37. The number of imidazole rings is 1. The molecule has 0 bridgehead atoms. The van der Waals surface area contributed by atoms with Crippen LogP contribution in [0, 0.1) is 11.6 Å². The molecule has 2 fully saturated rings. The lowest BCUT2D eigenvalue weighted by Crippen LogP contribution is -2.44. The van der Waals surface area contributed by atoms with Crippen molar-refractivity contribution in [3.63, 3.8) is 0 Å². The van der Waals surface area contributed by atoms with Crippen LogP contribution in [0.3, 0.4) is 0 Å². The van der Waals surface area contributed by atoms with Crippen molar-refractivity contribution in [2.24, 2.45) is 0 Å². The number of hydrogen-bond donors (Lipinski definition) is 1. The molecular formula is C31H30F5N5O5. The average molecular weight is 648 g/mol. The molecule has 0 radical (unpaired) electrons. The van der Waals surface area contributed by atoms with Gasteiger partial charge in [0.05, 0.1) is 47.6 Å². The molecule has 0 spiro atoms. The Labute approximate surface area is 259 Å². The fraction of sp³-hybridized carbons (Fsp3) is 0.419. The van der Waals surface area contributed by atoms with Gasteiger partial charge in [0, 0.05) is 19.2 Å². The van der Waals surface area contributed by atoms with Gasteiger partial charge in [-0.1, -0.05) is 0 Å². The van der Waals surface area contributed by atoms with Crippen LogP contribution in [0.4, 0.5) is 22.0 Å². The van der Waals surface area contributed by atoms with E-state index in [2.05, 4.69) is 14.9 Å². The fourth-order valence-corrected chi connectivity index (χ4v) is 5.60. The quantitative estimate of drug-likeness (QED) is 0.219. The summed E-state index contributed by atoms with van der Waals surface area (Å²) in [5, 5.41) is 9.50. The van der Waals surface area contributed by atoms with Crippen LogP contribution in [-0.4, -0.2) is 66.9 Å². The van der Waals surface area contributed by atoms with E-state index in [-0.39, 0.29) is 35.5 Å². The van der Waals surface area contributed by atoms with Crippen molar-refractivity contribution in [2.45, 2.75) is 70.3 Å². The monoisotopic (exact) mass is 647 g/mol. The predicted molar refractivity (Wildman–Crippen MR) is 152 cm³/mol. The number of nitrogens with zero attached hydrogens (tertiary/aromatic N) is 5. The summed E-state index contributed by atoms with van der Waals surface area (Å²) in [5.41, 5.74) is 0.462. The van der Waals surface area contributed by atoms with Crippen molar-refractivity contribution in [1.82, 2.24) is 24.4 Å². The minimum atomic E-state index is -4.70. The number of likely N-dealkylation sites (tertiary alicyclic amines) is 1. The zero-order chi connectivity index (χ0) is 32.6. The van der Waals surface area contributed by atoms with E-state index in [0.29, 0.717) is 56.7 Å². The highest BCUT2D eigenvalue weighted by atomic mass is 19.4. The van der Waals surface area contributed by atoms with E-state index in [9.17, 15) is 31.9 Å². The lowest BCUT2D eigenvalue weighted by Gasteiger charge is -2.37. The van der Waals surface area contributed by atoms with Crippen LogP contribution in [0.2, 0.25) is 0 Å². The van der Waals surface area contributed by atoms with Crippen LogP contribution in [0.1, 0.15) is 53.8 Å². The van der Waals surface area contributed by atoms with Gasteiger partial charge in [-0.15, -0.1) is 0 Å². The molecule has 4 aromatic rings. The Kier molecular flexibility index (Phi) is 8.79. The van der Waals surface area contributed by atoms with E-state index in [1.54, 1.807) is 12.1 Å². The van der Waals surface area contributed by atoms with Crippen LogP contribution in [0.15, 0.2) is 42.6 Å². The third kappa shape index (κ3) is 6.89. The Morgan fingerprint density at radius 2 is 1.91 bits per heavy atom. The lowest BCUT2D eigenvalue weighted by atomic mass is 10.0. The molecule has 15 heteroatoms. The zero-order valence-corrected chi connectivity index (χ0v) is 24.6. The first kappa shape index (κ1) is 31.6. The maximum atomic E-state index is 14.6. The first-order valence-corrected chi connectivity index (χ1v) is 14.7. The molecule has 6 rings (SSSR count). The summed E-state index contributed by atoms with van der Waals surface area (Å²) < 4.78 is 86.0. The number of carboxylic acids is 1. The number of hydrogen-bond acceptors (Lipinski definition) is 8. The molecule has 1 N–H and O–H groups in total. The molecule has 2 aromatic heterocycles. The summed E-state index contributed by atoms with van der Waals surface area (Å²) in [6.07, 6.45) is -2.14. The molecule has 0 amide bonds. The largest absolute Gasteiger partial charge is 0.483 e. The fourth-order valence-electron chi connectivity index (χ4n) is 5.60. The number of aromatic carboxylic acids is 1. The molecule has 3 atom stereocenters. The minimum Gasteiger partial charge on any atom is -0.483 e. The highest BCUT2D eigenvalue weighted by molar-refractivity contribution is 5.92. The summed E-state index contributed by atoms with van der Waals surface area (Å²) in [4.78, 5) is 26.5. The Morgan fingerprint density at radius 1 is 1.11 bits per heavy atom. The molecule has 0 saturated carbocycles. The van der Waals surface area contributed by atoms with Gasteiger partial charge < -0.3 is 23.9 Å². The van der Waals surface area contributed by atoms with Crippen LogP contribution in [-0.2, 0) is 30.6 Å². The summed E-state index contributed by atoms with van der Waals surface area (Å²) in [6, 6.07) is 6.77. The van der Waals surface area contributed by atoms with Crippen molar-refractivity contribution >= 4 is 17.0 Å². The van der Waals surface area contributed by atoms with Gasteiger partial charge in [0.1, 0.15) is 18.5 Å². The number of aromatic nitrogens is 4. The summed E-state index contributed by atoms with van der Waals surface area (Å²) in [7, 11) is 0. The van der Waals surface area contributed by atoms with Gasteiger partial charge in [0.25, 0.3) is 5.88 Å². The number of ether oxygens (including phenoxy) is 3. The number of halogens is 5. The van der Waals surface area contributed by atoms with Gasteiger partial charge in [-0.3, -0.25) is 4.90 Å². The molecule has 0 aliphatic carbocycles. The number of fused-ring (bicyclic) bond motifs is 1. The first-order chi connectivity index (χ1) is 21.9. The van der Waals surface area contributed by atoms with Crippen molar-refractivity contribution in [2.75, 3.05) is 13.2 Å². The molecule has 2 aromatic carbocycles. The Bertz CT molecular complexity index is 1740. The number of rotatable bonds is 10. The second-order valence-corrected chi connectivity index (χ2v) is 11.4. The molecule has 244 valence electrons. The molecule has 10 nitrogen and oxygen atoms in total. The third-order valence-electron chi connectivity index (χ3n) is 8.22. The minimum absolute atomic E-state index is 0.0110. The number of piperidine rings is 1. The van der Waals surface area contributed by atoms with Gasteiger partial charge in [-0.25, -0.2) is 19.2 Å². The maximum absolute atomic E-state index is 14.6. The van der Waals surface area contributed by atoms with Gasteiger partial charge in [-0.05, 0) is 62.6 Å². The summed E-state index contributed by atoms with van der Waals surface area (Å²) in [6.45, 7) is 3.96. The highest BCUT2D eigenvalue weighted by Gasteiger charge is 2.32. The van der Waals surface area contributed by atoms with E-state index in [4.69, 9.17) is 19.2 Å². The molecule has 2 aliphatic rings. The SMILES string of the molecule is C[C@H]1C[C@@H](Oc2nc(COc3ccc(C(F)(F)F)cc3F)ncc2F)CCN1Cc1nc2ccc(C(=O)O)cc2n1C[C@@H]1CCO1. The summed E-state index contributed by atoms with van der Waals surface area (Å²) in [5.74, 6) is -3.00. The van der Waals surface area contributed by atoms with E-state index < -0.39 is 41.7 Å². The molecular weight excluding hydrogens is 617 g/mol. The van der Waals surface area contributed by atoms with Crippen molar-refractivity contribution in [1.29, 1.82) is 0 Å². The zero-order valence-electron chi connectivity index (χ0n) is 24.6. The van der Waals surface area contributed by atoms with E-state index in [1.807, 2.05) is 11.5 Å². The summed E-state index contributed by atoms with van der Waals surface area (Å²) >= 11 is 0. The molecule has 0 unspecified atom stereocenters. The smallest absolute Gasteiger partial charge is 0.416 e. The second-order valence-electron chi connectivity index (χ2n) is 11.4. The van der Waals surface area contributed by atoms with Gasteiger partial charge >= 0.3 is 12.1 Å². The lowest BCUT2D eigenvalue weighted by molar-refractivity contribution is -0.137. The van der Waals surface area contributed by atoms with E-state index in [1.165, 1.54) is 6.07 Å². The van der Waals surface area contributed by atoms with Gasteiger partial charge in [0.2, 0.25) is 5.82 Å². The van der Waals surface area contributed by atoms with Gasteiger partial charge in [-0.2, -0.15) is 22.5 Å². The number of carboxylic acid groups (broad SMARTS) is 1. The number of carbonyl (C=O) groups is 1. The first-order valence-electron chi connectivity index (χ1n) is 14.7. The van der Waals surface area contributed by atoms with E-state index in [0.717, 1.165) is 30.0 Å². The maximum Gasteiger partial charge on any atom is 0.416 e. The molecule has 2 saturated heterocycles. The van der Waals surface area contributed by atoms with Crippen LogP contribution in [0.25, 0.3) is 11.0 Å².